The van der Waals surface area contributed by atoms with Crippen LogP contribution in [0.15, 0.2) is 22.7 Å². The number of hydrogen-bond donors (Lipinski definition) is 1. The number of carbonyl (C=O) groups excluding carboxylic acids is 1. The third kappa shape index (κ3) is 3.56. The van der Waals surface area contributed by atoms with E-state index in [0.717, 1.165) is 25.7 Å². The molecule has 0 aliphatic heterocycles. The van der Waals surface area contributed by atoms with Gasteiger partial charge in [-0.2, -0.15) is 0 Å². The minimum Gasteiger partial charge on any atom is -0.349 e. The highest BCUT2D eigenvalue weighted by molar-refractivity contribution is 9.10. The average Bonchev–Trinajstić information content (AvgIpc) is 2.38. The molecule has 4 heteroatoms. The van der Waals surface area contributed by atoms with Crippen molar-refractivity contribution in [3.05, 3.63) is 34.1 Å². The molecule has 1 aromatic carbocycles. The van der Waals surface area contributed by atoms with Crippen LogP contribution in [0.25, 0.3) is 0 Å². The van der Waals surface area contributed by atoms with Crippen LogP contribution >= 0.6 is 15.9 Å². The molecule has 1 saturated carbocycles. The molecule has 0 spiro atoms. The Kier molecular flexibility index (Phi) is 4.97. The van der Waals surface area contributed by atoms with Gasteiger partial charge in [0.2, 0.25) is 0 Å². The van der Waals surface area contributed by atoms with Crippen molar-refractivity contribution in [2.75, 3.05) is 0 Å². The Morgan fingerprint density at radius 3 is 2.95 bits per heavy atom. The molecular weight excluding hydrogens is 309 g/mol. The van der Waals surface area contributed by atoms with Gasteiger partial charge in [-0.3, -0.25) is 4.79 Å². The van der Waals surface area contributed by atoms with Crippen molar-refractivity contribution < 1.29 is 9.18 Å². The second kappa shape index (κ2) is 6.51. The molecule has 2 unspecified atom stereocenters. The molecule has 19 heavy (non-hydrogen) atoms. The van der Waals surface area contributed by atoms with Gasteiger partial charge in [0.05, 0.1) is 5.56 Å². The molecular formula is C15H19BrFNO. The summed E-state index contributed by atoms with van der Waals surface area (Å²) in [6.45, 7) is 2.18. The Morgan fingerprint density at radius 2 is 2.26 bits per heavy atom. The van der Waals surface area contributed by atoms with E-state index in [1.165, 1.54) is 12.5 Å². The van der Waals surface area contributed by atoms with Crippen LogP contribution < -0.4 is 5.32 Å². The summed E-state index contributed by atoms with van der Waals surface area (Å²) < 4.78 is 14.2. The molecule has 1 amide bonds. The zero-order valence-corrected chi connectivity index (χ0v) is 12.7. The second-order valence-electron chi connectivity index (χ2n) is 5.21. The largest absolute Gasteiger partial charge is 0.349 e. The van der Waals surface area contributed by atoms with Crippen molar-refractivity contribution in [1.82, 2.24) is 5.32 Å². The molecule has 0 radical (unpaired) electrons. The van der Waals surface area contributed by atoms with Gasteiger partial charge in [0.15, 0.2) is 0 Å². The maximum atomic E-state index is 13.7. The first-order valence-electron chi connectivity index (χ1n) is 6.86. The highest BCUT2D eigenvalue weighted by atomic mass is 79.9. The minimum atomic E-state index is -0.477. The fourth-order valence-corrected chi connectivity index (χ4v) is 3.29. The zero-order valence-electron chi connectivity index (χ0n) is 11.1. The van der Waals surface area contributed by atoms with Crippen LogP contribution in [0, 0.1) is 11.7 Å². The van der Waals surface area contributed by atoms with E-state index in [2.05, 4.69) is 28.2 Å². The smallest absolute Gasteiger partial charge is 0.255 e. The first-order chi connectivity index (χ1) is 9.11. The number of halogens is 2. The molecule has 2 atom stereocenters. The minimum absolute atomic E-state index is 0.112. The van der Waals surface area contributed by atoms with Crippen LogP contribution in [0.1, 0.15) is 49.4 Å². The van der Waals surface area contributed by atoms with E-state index in [1.807, 2.05) is 0 Å². The van der Waals surface area contributed by atoms with E-state index in [9.17, 15) is 9.18 Å². The Morgan fingerprint density at radius 1 is 1.47 bits per heavy atom. The van der Waals surface area contributed by atoms with Crippen LogP contribution in [0.4, 0.5) is 4.39 Å². The normalized spacial score (nSPS) is 23.1. The molecule has 0 bridgehead atoms. The van der Waals surface area contributed by atoms with Crippen molar-refractivity contribution in [3.63, 3.8) is 0 Å². The first kappa shape index (κ1) is 14.5. The van der Waals surface area contributed by atoms with Crippen molar-refractivity contribution in [3.8, 4) is 0 Å². The van der Waals surface area contributed by atoms with Crippen LogP contribution in [0.5, 0.6) is 0 Å². The number of rotatable bonds is 3. The van der Waals surface area contributed by atoms with Gasteiger partial charge in [-0.1, -0.05) is 32.3 Å². The lowest BCUT2D eigenvalue weighted by molar-refractivity contribution is 0.0914. The summed E-state index contributed by atoms with van der Waals surface area (Å²) in [5.41, 5.74) is 0.112. The van der Waals surface area contributed by atoms with Crippen LogP contribution in [-0.2, 0) is 0 Å². The first-order valence-corrected chi connectivity index (χ1v) is 7.66. The van der Waals surface area contributed by atoms with Crippen LogP contribution in [0.2, 0.25) is 0 Å². The van der Waals surface area contributed by atoms with E-state index >= 15 is 0 Å². The number of carbonyl (C=O) groups is 1. The monoisotopic (exact) mass is 327 g/mol. The van der Waals surface area contributed by atoms with Crippen molar-refractivity contribution in [1.29, 1.82) is 0 Å². The fraction of sp³-hybridized carbons (Fsp3) is 0.533. The molecule has 1 aromatic rings. The maximum Gasteiger partial charge on any atom is 0.255 e. The lowest BCUT2D eigenvalue weighted by Gasteiger charge is -2.29. The summed E-state index contributed by atoms with van der Waals surface area (Å²) in [4.78, 5) is 12.2. The Bertz CT molecular complexity index is 443. The topological polar surface area (TPSA) is 29.1 Å². The van der Waals surface area contributed by atoms with Gasteiger partial charge in [0, 0.05) is 10.5 Å². The van der Waals surface area contributed by atoms with Crippen molar-refractivity contribution in [2.24, 2.45) is 5.92 Å². The summed E-state index contributed by atoms with van der Waals surface area (Å²) >= 11 is 3.24. The maximum absolute atomic E-state index is 13.7. The molecule has 1 aliphatic carbocycles. The highest BCUT2D eigenvalue weighted by Gasteiger charge is 2.24. The molecule has 1 N–H and O–H groups in total. The van der Waals surface area contributed by atoms with Gasteiger partial charge >= 0.3 is 0 Å². The quantitative estimate of drug-likeness (QED) is 0.881. The Labute approximate surface area is 121 Å². The second-order valence-corrected chi connectivity index (χ2v) is 6.06. The SMILES string of the molecule is CCC1CCCC(NC(=O)c2c(F)cccc2Br)C1. The molecule has 0 heterocycles. The number of amides is 1. The van der Waals surface area contributed by atoms with E-state index in [1.54, 1.807) is 12.1 Å². The number of benzene rings is 1. The molecule has 0 saturated heterocycles. The lowest BCUT2D eigenvalue weighted by atomic mass is 9.84. The molecule has 2 rings (SSSR count). The Hall–Kier alpha value is -0.900. The summed E-state index contributed by atoms with van der Waals surface area (Å²) in [7, 11) is 0. The van der Waals surface area contributed by atoms with Gasteiger partial charge in [-0.15, -0.1) is 0 Å². The molecule has 2 nitrogen and oxygen atoms in total. The van der Waals surface area contributed by atoms with Crippen molar-refractivity contribution in [2.45, 2.75) is 45.1 Å². The van der Waals surface area contributed by atoms with Gasteiger partial charge in [0.25, 0.3) is 5.91 Å². The number of hydrogen-bond acceptors (Lipinski definition) is 1. The third-order valence-electron chi connectivity index (χ3n) is 3.89. The van der Waals surface area contributed by atoms with Crippen LogP contribution in [-0.4, -0.2) is 11.9 Å². The van der Waals surface area contributed by atoms with Gasteiger partial charge < -0.3 is 5.32 Å². The van der Waals surface area contributed by atoms with Crippen LogP contribution in [0.3, 0.4) is 0 Å². The van der Waals surface area contributed by atoms with E-state index < -0.39 is 5.82 Å². The van der Waals surface area contributed by atoms with Crippen molar-refractivity contribution >= 4 is 21.8 Å². The number of nitrogens with one attached hydrogen (secondary N) is 1. The zero-order chi connectivity index (χ0) is 13.8. The van der Waals surface area contributed by atoms with E-state index in [4.69, 9.17) is 0 Å². The molecule has 1 aliphatic rings. The molecule has 1 fully saturated rings. The lowest BCUT2D eigenvalue weighted by Crippen LogP contribution is -2.38. The highest BCUT2D eigenvalue weighted by Crippen LogP contribution is 2.27. The van der Waals surface area contributed by atoms with E-state index in [-0.39, 0.29) is 17.5 Å². The molecule has 104 valence electrons. The average molecular weight is 328 g/mol. The van der Waals surface area contributed by atoms with Gasteiger partial charge in [-0.05, 0) is 46.8 Å². The summed E-state index contributed by atoms with van der Waals surface area (Å²) in [6, 6.07) is 4.77. The summed E-state index contributed by atoms with van der Waals surface area (Å²) in [5, 5.41) is 2.97. The summed E-state index contributed by atoms with van der Waals surface area (Å²) in [5.74, 6) is -0.107. The third-order valence-corrected chi connectivity index (χ3v) is 4.55. The summed E-state index contributed by atoms with van der Waals surface area (Å²) in [6.07, 6.45) is 5.53. The predicted octanol–water partition coefficient (Wildman–Crippen LogP) is 4.29. The predicted molar refractivity (Wildman–Crippen MR) is 77.6 cm³/mol. The fourth-order valence-electron chi connectivity index (χ4n) is 2.77. The molecule has 0 aromatic heterocycles. The standard InChI is InChI=1S/C15H19BrFNO/c1-2-10-5-3-6-11(9-10)18-15(19)14-12(16)7-4-8-13(14)17/h4,7-8,10-11H,2-3,5-6,9H2,1H3,(H,18,19). The van der Waals surface area contributed by atoms with Gasteiger partial charge in [0.1, 0.15) is 5.82 Å². The van der Waals surface area contributed by atoms with Gasteiger partial charge in [-0.25, -0.2) is 4.39 Å². The van der Waals surface area contributed by atoms with E-state index in [0.29, 0.717) is 10.4 Å². The Balaban J connectivity index is 2.05.